The second-order valence-corrected chi connectivity index (χ2v) is 9.84. The number of carbonyl (C=O) groups is 2. The van der Waals surface area contributed by atoms with E-state index >= 15 is 0 Å². The van der Waals surface area contributed by atoms with Gasteiger partial charge in [0, 0.05) is 31.0 Å². The first-order chi connectivity index (χ1) is 16.5. The number of ether oxygens (including phenoxy) is 1. The maximum absolute atomic E-state index is 13.4. The highest BCUT2D eigenvalue weighted by molar-refractivity contribution is 7.15. The molecule has 3 aromatic rings. The van der Waals surface area contributed by atoms with Crippen LogP contribution in [0.5, 0.6) is 0 Å². The summed E-state index contributed by atoms with van der Waals surface area (Å²) in [5.41, 5.74) is 0.637. The molecule has 0 aliphatic heterocycles. The maximum atomic E-state index is 13.4. The van der Waals surface area contributed by atoms with Crippen LogP contribution in [-0.4, -0.2) is 43.5 Å². The second-order valence-electron chi connectivity index (χ2n) is 8.72. The number of aromatic nitrogens is 4. The summed E-state index contributed by atoms with van der Waals surface area (Å²) in [4.78, 5) is 40.9. The Labute approximate surface area is 205 Å². The fraction of sp³-hybridized carbons (Fsp3) is 0.348. The minimum Gasteiger partial charge on any atom is -0.444 e. The van der Waals surface area contributed by atoms with Gasteiger partial charge in [-0.3, -0.25) is 4.79 Å². The number of hydrogen-bond acceptors (Lipinski definition) is 7. The molecule has 3 rings (SSSR count). The number of hydrogen-bond donors (Lipinski definition) is 2. The molecule has 2 N–H and O–H groups in total. The number of amides is 2. The molecule has 186 valence electrons. The smallest absolute Gasteiger partial charge is 0.407 e. The summed E-state index contributed by atoms with van der Waals surface area (Å²) in [5, 5.41) is 9.72. The van der Waals surface area contributed by atoms with E-state index in [-0.39, 0.29) is 24.6 Å². The number of benzene rings is 1. The summed E-state index contributed by atoms with van der Waals surface area (Å²) in [6, 6.07) is 7.34. The molecular formula is C23H27FN6O4S. The normalized spacial score (nSPS) is 11.9. The molecule has 1 aromatic carbocycles. The van der Waals surface area contributed by atoms with E-state index in [1.165, 1.54) is 29.2 Å². The Morgan fingerprint density at radius 3 is 2.57 bits per heavy atom. The minimum absolute atomic E-state index is 0.124. The van der Waals surface area contributed by atoms with Crippen LogP contribution in [0.25, 0.3) is 5.69 Å². The van der Waals surface area contributed by atoms with Crippen molar-refractivity contribution in [2.24, 2.45) is 0 Å². The number of thiazole rings is 1. The van der Waals surface area contributed by atoms with Crippen LogP contribution in [0, 0.1) is 0 Å². The molecular weight excluding hydrogens is 475 g/mol. The summed E-state index contributed by atoms with van der Waals surface area (Å²) in [5.74, 6) is -0.172. The van der Waals surface area contributed by atoms with Gasteiger partial charge in [-0.1, -0.05) is 12.1 Å². The van der Waals surface area contributed by atoms with Crippen molar-refractivity contribution in [3.63, 3.8) is 0 Å². The van der Waals surface area contributed by atoms with Crippen molar-refractivity contribution >= 4 is 28.5 Å². The summed E-state index contributed by atoms with van der Waals surface area (Å²) in [6.45, 7) is 6.35. The fourth-order valence-electron chi connectivity index (χ4n) is 3.02. The molecule has 2 aromatic heterocycles. The zero-order valence-corrected chi connectivity index (χ0v) is 20.7. The number of carbonyl (C=O) groups excluding carboxylic acids is 2. The lowest BCUT2D eigenvalue weighted by molar-refractivity contribution is -0.114. The topological polar surface area (TPSA) is 120 Å². The highest BCUT2D eigenvalue weighted by Crippen LogP contribution is 2.21. The van der Waals surface area contributed by atoms with Gasteiger partial charge < -0.3 is 15.4 Å². The quantitative estimate of drug-likeness (QED) is 0.487. The van der Waals surface area contributed by atoms with Crippen molar-refractivity contribution in [1.82, 2.24) is 24.6 Å². The highest BCUT2D eigenvalue weighted by atomic mass is 32.1. The molecule has 0 saturated heterocycles. The first kappa shape index (κ1) is 25.8. The Hall–Kier alpha value is -3.80. The Balaban J connectivity index is 1.62. The third kappa shape index (κ3) is 7.60. The number of nitrogens with zero attached hydrogens (tertiary/aromatic N) is 4. The van der Waals surface area contributed by atoms with E-state index in [9.17, 15) is 18.8 Å². The van der Waals surface area contributed by atoms with E-state index in [1.54, 1.807) is 39.1 Å². The highest BCUT2D eigenvalue weighted by Gasteiger charge is 2.17. The first-order valence-electron chi connectivity index (χ1n) is 10.7. The van der Waals surface area contributed by atoms with E-state index in [0.29, 0.717) is 23.6 Å². The molecule has 0 atom stereocenters. The molecule has 0 unspecified atom stereocenters. The number of halogens is 1. The van der Waals surface area contributed by atoms with Crippen molar-refractivity contribution in [3.8, 4) is 5.69 Å². The summed E-state index contributed by atoms with van der Waals surface area (Å²) in [7, 11) is 0. The fourth-order valence-corrected chi connectivity index (χ4v) is 3.91. The van der Waals surface area contributed by atoms with Gasteiger partial charge in [0.2, 0.25) is 5.91 Å². The van der Waals surface area contributed by atoms with Crippen molar-refractivity contribution in [3.05, 3.63) is 69.6 Å². The lowest BCUT2D eigenvalue weighted by Crippen LogP contribution is -2.34. The molecule has 0 spiro atoms. The van der Waals surface area contributed by atoms with Crippen LogP contribution in [0.15, 0.2) is 53.5 Å². The van der Waals surface area contributed by atoms with Gasteiger partial charge in [-0.25, -0.2) is 28.2 Å². The third-order valence-electron chi connectivity index (χ3n) is 4.53. The molecule has 0 radical (unpaired) electrons. The van der Waals surface area contributed by atoms with Gasteiger partial charge in [0.05, 0.1) is 18.6 Å². The van der Waals surface area contributed by atoms with Crippen LogP contribution in [-0.2, 0) is 22.5 Å². The van der Waals surface area contributed by atoms with Crippen molar-refractivity contribution in [2.45, 2.75) is 46.3 Å². The van der Waals surface area contributed by atoms with Gasteiger partial charge in [0.1, 0.15) is 11.9 Å². The van der Waals surface area contributed by atoms with Crippen molar-refractivity contribution < 1.29 is 18.7 Å². The predicted octanol–water partition coefficient (Wildman–Crippen LogP) is 3.42. The van der Waals surface area contributed by atoms with E-state index in [0.717, 1.165) is 15.1 Å². The molecule has 0 aliphatic carbocycles. The molecule has 0 saturated carbocycles. The van der Waals surface area contributed by atoms with Gasteiger partial charge >= 0.3 is 11.8 Å². The third-order valence-corrected chi connectivity index (χ3v) is 5.44. The zero-order chi connectivity index (χ0) is 25.6. The number of nitrogens with one attached hydrogen (secondary N) is 2. The molecule has 35 heavy (non-hydrogen) atoms. The average Bonchev–Trinajstić information content (AvgIpc) is 3.36. The lowest BCUT2D eigenvalue weighted by Gasteiger charge is -2.19. The predicted molar refractivity (Wildman–Crippen MR) is 130 cm³/mol. The molecule has 2 heterocycles. The van der Waals surface area contributed by atoms with Gasteiger partial charge in [0.25, 0.3) is 0 Å². The Kier molecular flexibility index (Phi) is 8.18. The minimum atomic E-state index is -0.681. The van der Waals surface area contributed by atoms with Crippen LogP contribution >= 0.6 is 11.3 Å². The number of rotatable bonds is 8. The number of anilines is 1. The average molecular weight is 503 g/mol. The largest absolute Gasteiger partial charge is 0.444 e. The second kappa shape index (κ2) is 11.1. The van der Waals surface area contributed by atoms with Crippen LogP contribution in [0.3, 0.4) is 0 Å². The van der Waals surface area contributed by atoms with Gasteiger partial charge in [-0.15, -0.1) is 11.3 Å². The monoisotopic (exact) mass is 502 g/mol. The van der Waals surface area contributed by atoms with Crippen LogP contribution in [0.2, 0.25) is 0 Å². The van der Waals surface area contributed by atoms with Gasteiger partial charge in [-0.05, 0) is 44.0 Å². The van der Waals surface area contributed by atoms with Crippen LogP contribution in [0.1, 0.15) is 38.1 Å². The molecule has 0 fully saturated rings. The molecule has 0 aliphatic rings. The number of alkyl carbamates (subject to hydrolysis) is 1. The Morgan fingerprint density at radius 2 is 1.94 bits per heavy atom. The molecule has 0 bridgehead atoms. The van der Waals surface area contributed by atoms with E-state index in [1.807, 2.05) is 12.1 Å². The van der Waals surface area contributed by atoms with Crippen molar-refractivity contribution in [2.75, 3.05) is 11.9 Å². The summed E-state index contributed by atoms with van der Waals surface area (Å²) >= 11 is 1.40. The first-order valence-corrected chi connectivity index (χ1v) is 11.6. The SMILES string of the molecule is CC(=O)Nc1ncc(Cc2ccc(-n3cnn(CC(=CF)CNC(=O)OC(C)(C)C)c3=O)cc2)s1. The molecule has 10 nitrogen and oxygen atoms in total. The lowest BCUT2D eigenvalue weighted by atomic mass is 10.1. The Bertz CT molecular complexity index is 1270. The van der Waals surface area contributed by atoms with E-state index < -0.39 is 17.4 Å². The maximum Gasteiger partial charge on any atom is 0.407 e. The summed E-state index contributed by atoms with van der Waals surface area (Å²) < 4.78 is 20.9. The standard InChI is InChI=1S/C23H27FN6O4S/c1-15(31)28-20-25-12-19(35-20)9-16-5-7-18(8-6-16)29-14-27-30(22(29)33)13-17(10-24)11-26-21(32)34-23(2,3)4/h5-8,10,12,14H,9,11,13H2,1-4H3,(H,26,32)(H,25,28,31). The van der Waals surface area contributed by atoms with Crippen molar-refractivity contribution in [1.29, 1.82) is 0 Å². The van der Waals surface area contributed by atoms with Crippen LogP contribution in [0.4, 0.5) is 14.3 Å². The van der Waals surface area contributed by atoms with Gasteiger partial charge in [0.15, 0.2) is 5.13 Å². The van der Waals surface area contributed by atoms with Gasteiger partial charge in [-0.2, -0.15) is 5.10 Å². The molecule has 2 amide bonds. The Morgan fingerprint density at radius 1 is 1.23 bits per heavy atom. The van der Waals surface area contributed by atoms with Crippen LogP contribution < -0.4 is 16.3 Å². The van der Waals surface area contributed by atoms with E-state index in [4.69, 9.17) is 4.74 Å². The summed E-state index contributed by atoms with van der Waals surface area (Å²) in [6.07, 6.45) is 3.36. The molecule has 12 heteroatoms. The zero-order valence-electron chi connectivity index (χ0n) is 19.9. The van der Waals surface area contributed by atoms with E-state index in [2.05, 4.69) is 20.7 Å².